The van der Waals surface area contributed by atoms with Crippen molar-refractivity contribution < 1.29 is 4.74 Å². The van der Waals surface area contributed by atoms with Crippen LogP contribution in [0.15, 0.2) is 10.7 Å². The van der Waals surface area contributed by atoms with Gasteiger partial charge in [0, 0.05) is 11.3 Å². The molecule has 0 spiro atoms. The summed E-state index contributed by atoms with van der Waals surface area (Å²) in [5, 5.41) is 0. The largest absolute Gasteiger partial charge is 0.494 e. The number of rotatable bonds is 2. The molecule has 0 bridgehead atoms. The summed E-state index contributed by atoms with van der Waals surface area (Å²) in [6.07, 6.45) is 4.23. The highest BCUT2D eigenvalue weighted by atomic mass is 32.2. The van der Waals surface area contributed by atoms with E-state index in [0.717, 1.165) is 12.2 Å². The molecular formula is C11H18OS2. The Kier molecular flexibility index (Phi) is 3.08. The summed E-state index contributed by atoms with van der Waals surface area (Å²) in [5.41, 5.74) is 0. The standard InChI is InChI=1S/C11H18OS2/c1-8-7-10(9(2)12-8)14-11(3)5-4-6-13-11/h8H,4-7H2,1-3H3. The number of thioether (sulfide) groups is 2. The fraction of sp³-hybridized carbons (Fsp3) is 0.818. The molecule has 2 unspecified atom stereocenters. The van der Waals surface area contributed by atoms with Crippen LogP contribution in [0.1, 0.15) is 40.0 Å². The van der Waals surface area contributed by atoms with Gasteiger partial charge in [0.05, 0.1) is 4.08 Å². The molecule has 80 valence electrons. The Labute approximate surface area is 95.0 Å². The molecule has 1 nitrogen and oxygen atoms in total. The van der Waals surface area contributed by atoms with Gasteiger partial charge in [-0.05, 0) is 39.4 Å². The Morgan fingerprint density at radius 3 is 2.86 bits per heavy atom. The number of ether oxygens (including phenoxy) is 1. The lowest BCUT2D eigenvalue weighted by Gasteiger charge is -2.22. The Morgan fingerprint density at radius 1 is 1.57 bits per heavy atom. The Morgan fingerprint density at radius 2 is 2.36 bits per heavy atom. The topological polar surface area (TPSA) is 9.23 Å². The molecule has 0 aliphatic carbocycles. The first kappa shape index (κ1) is 10.7. The van der Waals surface area contributed by atoms with Gasteiger partial charge in [-0.15, -0.1) is 23.5 Å². The van der Waals surface area contributed by atoms with E-state index >= 15 is 0 Å². The lowest BCUT2D eigenvalue weighted by Crippen LogP contribution is -2.09. The molecule has 2 rings (SSSR count). The van der Waals surface area contributed by atoms with Gasteiger partial charge in [0.25, 0.3) is 0 Å². The highest BCUT2D eigenvalue weighted by molar-refractivity contribution is 8.20. The molecule has 0 aromatic carbocycles. The second-order valence-electron chi connectivity index (χ2n) is 4.30. The van der Waals surface area contributed by atoms with Crippen molar-refractivity contribution in [2.75, 3.05) is 5.75 Å². The van der Waals surface area contributed by atoms with E-state index in [-0.39, 0.29) is 0 Å². The molecule has 2 aliphatic heterocycles. The highest BCUT2D eigenvalue weighted by Crippen LogP contribution is 2.52. The molecule has 14 heavy (non-hydrogen) atoms. The number of hydrogen-bond donors (Lipinski definition) is 0. The maximum atomic E-state index is 5.68. The molecule has 0 aromatic rings. The third-order valence-electron chi connectivity index (χ3n) is 2.77. The predicted molar refractivity (Wildman–Crippen MR) is 65.6 cm³/mol. The highest BCUT2D eigenvalue weighted by Gasteiger charge is 2.34. The zero-order valence-corrected chi connectivity index (χ0v) is 10.8. The van der Waals surface area contributed by atoms with Crippen LogP contribution < -0.4 is 0 Å². The first-order chi connectivity index (χ1) is 6.59. The van der Waals surface area contributed by atoms with Gasteiger partial charge in [0.15, 0.2) is 0 Å². The monoisotopic (exact) mass is 230 g/mol. The third-order valence-corrected chi connectivity index (χ3v) is 6.01. The molecule has 3 heteroatoms. The molecule has 0 amide bonds. The third kappa shape index (κ3) is 2.25. The maximum absolute atomic E-state index is 5.68. The minimum Gasteiger partial charge on any atom is -0.494 e. The summed E-state index contributed by atoms with van der Waals surface area (Å²) < 4.78 is 6.10. The minimum absolute atomic E-state index is 0.396. The van der Waals surface area contributed by atoms with E-state index in [9.17, 15) is 0 Å². The summed E-state index contributed by atoms with van der Waals surface area (Å²) in [6.45, 7) is 6.63. The van der Waals surface area contributed by atoms with E-state index in [1.54, 1.807) is 0 Å². The molecule has 0 aromatic heterocycles. The summed E-state index contributed by atoms with van der Waals surface area (Å²) in [7, 11) is 0. The summed E-state index contributed by atoms with van der Waals surface area (Å²) in [5.74, 6) is 2.49. The molecule has 1 fully saturated rings. The average Bonchev–Trinajstić information content (AvgIpc) is 2.61. The normalized spacial score (nSPS) is 37.8. The maximum Gasteiger partial charge on any atom is 0.103 e. The number of allylic oxidation sites excluding steroid dienone is 1. The second-order valence-corrected chi connectivity index (χ2v) is 7.75. The van der Waals surface area contributed by atoms with Crippen molar-refractivity contribution >= 4 is 23.5 Å². The van der Waals surface area contributed by atoms with Gasteiger partial charge in [-0.2, -0.15) is 0 Å². The molecule has 2 atom stereocenters. The van der Waals surface area contributed by atoms with Crippen LogP contribution in [0.5, 0.6) is 0 Å². The average molecular weight is 230 g/mol. The van der Waals surface area contributed by atoms with Gasteiger partial charge in [-0.1, -0.05) is 0 Å². The minimum atomic E-state index is 0.396. The van der Waals surface area contributed by atoms with Crippen molar-refractivity contribution in [2.24, 2.45) is 0 Å². The van der Waals surface area contributed by atoms with E-state index < -0.39 is 0 Å². The molecule has 2 aliphatic rings. The van der Waals surface area contributed by atoms with E-state index in [0.29, 0.717) is 10.2 Å². The molecular weight excluding hydrogens is 212 g/mol. The smallest absolute Gasteiger partial charge is 0.103 e. The van der Waals surface area contributed by atoms with Crippen molar-refractivity contribution in [3.05, 3.63) is 10.7 Å². The van der Waals surface area contributed by atoms with Crippen LogP contribution in [0.25, 0.3) is 0 Å². The fourth-order valence-corrected chi connectivity index (χ4v) is 5.10. The quantitative estimate of drug-likeness (QED) is 0.709. The lowest BCUT2D eigenvalue weighted by molar-refractivity contribution is 0.162. The van der Waals surface area contributed by atoms with Crippen LogP contribution in [-0.2, 0) is 4.74 Å². The van der Waals surface area contributed by atoms with E-state index in [1.165, 1.54) is 23.5 Å². The van der Waals surface area contributed by atoms with Gasteiger partial charge in [0.1, 0.15) is 11.9 Å². The zero-order valence-electron chi connectivity index (χ0n) is 9.13. The first-order valence-electron chi connectivity index (χ1n) is 5.28. The van der Waals surface area contributed by atoms with Crippen molar-refractivity contribution in [2.45, 2.75) is 50.2 Å². The molecule has 0 N–H and O–H groups in total. The van der Waals surface area contributed by atoms with E-state index in [4.69, 9.17) is 4.74 Å². The first-order valence-corrected chi connectivity index (χ1v) is 7.09. The van der Waals surface area contributed by atoms with Crippen molar-refractivity contribution in [3.63, 3.8) is 0 Å². The predicted octanol–water partition coefficient (Wildman–Crippen LogP) is 4.00. The van der Waals surface area contributed by atoms with Crippen molar-refractivity contribution in [3.8, 4) is 0 Å². The van der Waals surface area contributed by atoms with Gasteiger partial charge in [0.2, 0.25) is 0 Å². The molecule has 1 saturated heterocycles. The Hall–Kier alpha value is 0.240. The van der Waals surface area contributed by atoms with Gasteiger partial charge >= 0.3 is 0 Å². The van der Waals surface area contributed by atoms with Crippen LogP contribution >= 0.6 is 23.5 Å². The van der Waals surface area contributed by atoms with Crippen LogP contribution in [-0.4, -0.2) is 15.9 Å². The van der Waals surface area contributed by atoms with Gasteiger partial charge in [-0.3, -0.25) is 0 Å². The van der Waals surface area contributed by atoms with Crippen LogP contribution in [0.3, 0.4) is 0 Å². The van der Waals surface area contributed by atoms with E-state index in [1.807, 2.05) is 11.8 Å². The van der Waals surface area contributed by atoms with Gasteiger partial charge in [-0.25, -0.2) is 0 Å². The Bertz CT molecular complexity index is 254. The summed E-state index contributed by atoms with van der Waals surface area (Å²) >= 11 is 4.15. The van der Waals surface area contributed by atoms with Crippen LogP contribution in [0.2, 0.25) is 0 Å². The number of hydrogen-bond acceptors (Lipinski definition) is 3. The van der Waals surface area contributed by atoms with Crippen molar-refractivity contribution in [1.29, 1.82) is 0 Å². The lowest BCUT2D eigenvalue weighted by atomic mass is 10.3. The van der Waals surface area contributed by atoms with E-state index in [2.05, 4.69) is 32.5 Å². The zero-order chi connectivity index (χ0) is 10.2. The summed E-state index contributed by atoms with van der Waals surface area (Å²) in [4.78, 5) is 1.48. The van der Waals surface area contributed by atoms with Crippen LogP contribution in [0, 0.1) is 0 Å². The van der Waals surface area contributed by atoms with Gasteiger partial charge < -0.3 is 4.74 Å². The molecule has 0 radical (unpaired) electrons. The molecule has 2 heterocycles. The molecule has 0 saturated carbocycles. The van der Waals surface area contributed by atoms with Crippen molar-refractivity contribution in [1.82, 2.24) is 0 Å². The second kappa shape index (κ2) is 4.01. The SMILES string of the molecule is CC1=C(SC2(C)CCCS2)CC(C)O1. The summed E-state index contributed by atoms with van der Waals surface area (Å²) in [6, 6.07) is 0. The fourth-order valence-electron chi connectivity index (χ4n) is 2.02. The van der Waals surface area contributed by atoms with Crippen LogP contribution in [0.4, 0.5) is 0 Å². The Balaban J connectivity index is 2.00.